The third-order valence-electron chi connectivity index (χ3n) is 11.5. The number of hydrogen-bond acceptors (Lipinski definition) is 7. The van der Waals surface area contributed by atoms with E-state index < -0.39 is 12.4 Å². The number of hydrogen-bond donors (Lipinski definition) is 5. The molecule has 9 heteroatoms. The number of urea groups is 1. The van der Waals surface area contributed by atoms with Crippen molar-refractivity contribution in [2.45, 2.75) is 88.7 Å². The van der Waals surface area contributed by atoms with Crippen molar-refractivity contribution >= 4 is 6.03 Å². The van der Waals surface area contributed by atoms with Crippen LogP contribution < -0.4 is 10.6 Å². The Labute approximate surface area is 289 Å². The van der Waals surface area contributed by atoms with Crippen molar-refractivity contribution in [2.75, 3.05) is 20.1 Å². The molecular formula is C40H51N3O6. The molecule has 1 saturated heterocycles. The van der Waals surface area contributed by atoms with Crippen LogP contribution in [0.5, 0.6) is 5.75 Å². The minimum absolute atomic E-state index is 0.00690. The third kappa shape index (κ3) is 7.81. The zero-order valence-electron chi connectivity index (χ0n) is 28.6. The molecule has 5 fully saturated rings. The van der Waals surface area contributed by atoms with Gasteiger partial charge in [-0.2, -0.15) is 0 Å². The zero-order chi connectivity index (χ0) is 34.1. The number of likely N-dealkylation sites (N-methyl/N-ethyl adjacent to an activating group) is 1. The van der Waals surface area contributed by atoms with E-state index in [1.807, 2.05) is 66.5 Å². The van der Waals surface area contributed by atoms with Crippen molar-refractivity contribution in [3.8, 4) is 5.75 Å². The van der Waals surface area contributed by atoms with Gasteiger partial charge in [0.25, 0.3) is 0 Å². The first-order valence-corrected chi connectivity index (χ1v) is 18.0. The van der Waals surface area contributed by atoms with Crippen LogP contribution in [0, 0.1) is 23.7 Å². The average molecular weight is 670 g/mol. The molecule has 5 unspecified atom stereocenters. The maximum Gasteiger partial charge on any atom is 0.315 e. The van der Waals surface area contributed by atoms with E-state index in [1.165, 1.54) is 19.3 Å². The normalized spacial score (nSPS) is 31.1. The molecule has 4 aliphatic carbocycles. The van der Waals surface area contributed by atoms with Gasteiger partial charge in [0, 0.05) is 36.7 Å². The van der Waals surface area contributed by atoms with Crippen molar-refractivity contribution in [3.05, 3.63) is 101 Å². The van der Waals surface area contributed by atoms with E-state index in [0.29, 0.717) is 25.2 Å². The van der Waals surface area contributed by atoms with E-state index in [4.69, 9.17) is 9.47 Å². The number of rotatable bonds is 11. The molecule has 1 aliphatic heterocycles. The van der Waals surface area contributed by atoms with Crippen LogP contribution >= 0.6 is 0 Å². The summed E-state index contributed by atoms with van der Waals surface area (Å²) in [5, 5.41) is 36.9. The van der Waals surface area contributed by atoms with Gasteiger partial charge in [0.05, 0.1) is 24.9 Å². The number of phenols is 1. The van der Waals surface area contributed by atoms with Crippen molar-refractivity contribution in [2.24, 2.45) is 23.7 Å². The summed E-state index contributed by atoms with van der Waals surface area (Å²) in [4.78, 5) is 15.1. The van der Waals surface area contributed by atoms with Gasteiger partial charge in [0.15, 0.2) is 6.29 Å². The smallest absolute Gasteiger partial charge is 0.315 e. The lowest BCUT2D eigenvalue weighted by molar-refractivity contribution is -0.276. The summed E-state index contributed by atoms with van der Waals surface area (Å²) in [5.41, 5.74) is 4.38. The molecule has 3 aromatic rings. The van der Waals surface area contributed by atoms with E-state index in [0.717, 1.165) is 59.3 Å². The molecule has 262 valence electrons. The van der Waals surface area contributed by atoms with Crippen molar-refractivity contribution in [1.29, 1.82) is 0 Å². The summed E-state index contributed by atoms with van der Waals surface area (Å²) in [6.45, 7) is 3.47. The highest BCUT2D eigenvalue weighted by molar-refractivity contribution is 5.75. The largest absolute Gasteiger partial charge is 0.508 e. The van der Waals surface area contributed by atoms with Gasteiger partial charge in [-0.05, 0) is 97.7 Å². The Morgan fingerprint density at radius 1 is 0.918 bits per heavy atom. The summed E-state index contributed by atoms with van der Waals surface area (Å²) in [6, 6.07) is 22.5. The number of ether oxygens (including phenoxy) is 2. The second kappa shape index (κ2) is 14.4. The summed E-state index contributed by atoms with van der Waals surface area (Å²) < 4.78 is 13.3. The fourth-order valence-corrected chi connectivity index (χ4v) is 9.37. The second-order valence-electron chi connectivity index (χ2n) is 15.4. The molecular weight excluding hydrogens is 618 g/mol. The number of aromatic hydroxyl groups is 1. The Morgan fingerprint density at radius 3 is 2.18 bits per heavy atom. The fourth-order valence-electron chi connectivity index (χ4n) is 9.37. The quantitative estimate of drug-likeness (QED) is 0.167. The molecule has 8 rings (SSSR count). The van der Waals surface area contributed by atoms with Gasteiger partial charge in [0.2, 0.25) is 0 Å². The highest BCUT2D eigenvalue weighted by Gasteiger charge is 2.51. The van der Waals surface area contributed by atoms with Crippen LogP contribution in [-0.4, -0.2) is 58.0 Å². The number of carbonyl (C=O) groups excluding carboxylic acids is 1. The number of nitrogens with one attached hydrogen (secondary N) is 2. The first-order chi connectivity index (χ1) is 23.6. The van der Waals surface area contributed by atoms with Crippen LogP contribution in [0.15, 0.2) is 72.8 Å². The number of amides is 2. The first-order valence-electron chi connectivity index (χ1n) is 18.0. The molecule has 5 atom stereocenters. The van der Waals surface area contributed by atoms with Crippen molar-refractivity contribution in [3.63, 3.8) is 0 Å². The second-order valence-corrected chi connectivity index (χ2v) is 15.4. The van der Waals surface area contributed by atoms with E-state index >= 15 is 0 Å². The van der Waals surface area contributed by atoms with E-state index in [9.17, 15) is 20.1 Å². The van der Waals surface area contributed by atoms with Gasteiger partial charge in [-0.3, -0.25) is 0 Å². The van der Waals surface area contributed by atoms with Gasteiger partial charge in [-0.25, -0.2) is 4.79 Å². The van der Waals surface area contributed by atoms with Crippen LogP contribution in [-0.2, 0) is 22.6 Å². The molecule has 5 N–H and O–H groups in total. The van der Waals surface area contributed by atoms with Gasteiger partial charge in [0.1, 0.15) is 5.75 Å². The topological polar surface area (TPSA) is 124 Å². The molecule has 4 saturated carbocycles. The molecule has 5 aliphatic rings. The highest BCUT2D eigenvalue weighted by atomic mass is 16.7. The molecule has 3 aromatic carbocycles. The summed E-state index contributed by atoms with van der Waals surface area (Å²) in [5.74, 6) is 2.46. The van der Waals surface area contributed by atoms with Gasteiger partial charge in [-0.15, -0.1) is 0 Å². The molecule has 9 nitrogen and oxygen atoms in total. The number of aliphatic hydroxyl groups excluding tert-OH is 2. The Balaban J connectivity index is 1.00. The monoisotopic (exact) mass is 669 g/mol. The Morgan fingerprint density at radius 2 is 1.55 bits per heavy atom. The van der Waals surface area contributed by atoms with Gasteiger partial charge in [-0.1, -0.05) is 67.6 Å². The van der Waals surface area contributed by atoms with Crippen molar-refractivity contribution < 1.29 is 29.6 Å². The Hall–Kier alpha value is -3.47. The van der Waals surface area contributed by atoms with E-state index in [-0.39, 0.29) is 42.1 Å². The lowest BCUT2D eigenvalue weighted by Gasteiger charge is -2.56. The molecule has 2 amide bonds. The SMILES string of the molecule is CC1C(CN(C)CC(O)c2cccc(O)c2)OC(c2ccc(CNC(=O)NC34CC5CC(CC(C5)C3)C4)cc2)OC1c1ccc(CO)cc1. The summed E-state index contributed by atoms with van der Waals surface area (Å²) in [6.07, 6.45) is 5.58. The summed E-state index contributed by atoms with van der Waals surface area (Å²) in [7, 11) is 1.96. The van der Waals surface area contributed by atoms with Crippen LogP contribution in [0.2, 0.25) is 0 Å². The highest BCUT2D eigenvalue weighted by Crippen LogP contribution is 2.55. The van der Waals surface area contributed by atoms with E-state index in [1.54, 1.807) is 18.2 Å². The molecule has 0 radical (unpaired) electrons. The number of carbonyl (C=O) groups is 1. The van der Waals surface area contributed by atoms with Crippen molar-refractivity contribution in [1.82, 2.24) is 15.5 Å². The Kier molecular flexibility index (Phi) is 10.00. The molecule has 0 spiro atoms. The van der Waals surface area contributed by atoms with Crippen LogP contribution in [0.3, 0.4) is 0 Å². The minimum Gasteiger partial charge on any atom is -0.508 e. The molecule has 49 heavy (non-hydrogen) atoms. The van der Waals surface area contributed by atoms with Crippen LogP contribution in [0.4, 0.5) is 4.79 Å². The third-order valence-corrected chi connectivity index (χ3v) is 11.5. The predicted octanol–water partition coefficient (Wildman–Crippen LogP) is 6.11. The lowest BCUT2D eigenvalue weighted by Crippen LogP contribution is -2.61. The maximum absolute atomic E-state index is 13.0. The van der Waals surface area contributed by atoms with Gasteiger partial charge < -0.3 is 40.3 Å². The molecule has 1 heterocycles. The Bertz CT molecular complexity index is 1540. The van der Waals surface area contributed by atoms with Crippen LogP contribution in [0.1, 0.15) is 91.8 Å². The predicted molar refractivity (Wildman–Crippen MR) is 186 cm³/mol. The first kappa shape index (κ1) is 34.0. The summed E-state index contributed by atoms with van der Waals surface area (Å²) >= 11 is 0. The lowest BCUT2D eigenvalue weighted by atomic mass is 9.53. The fraction of sp³-hybridized carbons (Fsp3) is 0.525. The standard InChI is InChI=1S/C40H51N3O6/c1-25-36(23-43(2)22-35(46)33-4-3-5-34(45)17-33)48-38(49-37(25)31-10-8-27(24-44)9-11-31)32-12-6-26(7-13-32)21-41-39(47)42-40-18-28-14-29(19-40)16-30(15-28)20-40/h3-13,17,25,28-30,35-38,44-46H,14-16,18-24H2,1-2H3,(H2,41,42,47). The number of benzene rings is 3. The number of nitrogens with zero attached hydrogens (tertiary/aromatic N) is 1. The minimum atomic E-state index is -0.763. The number of phenolic OH excluding ortho intramolecular Hbond substituents is 1. The van der Waals surface area contributed by atoms with E-state index in [2.05, 4.69) is 17.6 Å². The zero-order valence-corrected chi connectivity index (χ0v) is 28.6. The number of aliphatic hydroxyl groups is 2. The average Bonchev–Trinajstić information content (AvgIpc) is 3.08. The van der Waals surface area contributed by atoms with Gasteiger partial charge >= 0.3 is 6.03 Å². The molecule has 4 bridgehead atoms. The molecule has 0 aromatic heterocycles. The maximum atomic E-state index is 13.0. The van der Waals surface area contributed by atoms with Crippen LogP contribution in [0.25, 0.3) is 0 Å².